The lowest BCUT2D eigenvalue weighted by Gasteiger charge is -2.23. The highest BCUT2D eigenvalue weighted by Gasteiger charge is 2.63. The fourth-order valence-electron chi connectivity index (χ4n) is 4.12. The fraction of sp³-hybridized carbons (Fsp3) is 0.467. The summed E-state index contributed by atoms with van der Waals surface area (Å²) in [5.41, 5.74) is 0.767. The maximum absolute atomic E-state index is 12.5. The Bertz CT molecular complexity index is 583. The zero-order valence-corrected chi connectivity index (χ0v) is 12.3. The molecule has 0 radical (unpaired) electrons. The molecule has 1 aliphatic heterocycles. The lowest BCUT2D eigenvalue weighted by atomic mass is 9.79. The van der Waals surface area contributed by atoms with E-state index < -0.39 is 0 Å². The molecular formula is C15H14BrNO3. The van der Waals surface area contributed by atoms with Crippen molar-refractivity contribution in [3.05, 3.63) is 28.7 Å². The number of halogens is 1. The number of ether oxygens (including phenoxy) is 1. The number of anilines is 1. The van der Waals surface area contributed by atoms with Gasteiger partial charge in [-0.05, 0) is 43.0 Å². The minimum atomic E-state index is -0.214. The molecule has 5 heteroatoms. The zero-order valence-electron chi connectivity index (χ0n) is 10.7. The van der Waals surface area contributed by atoms with E-state index in [0.29, 0.717) is 5.92 Å². The van der Waals surface area contributed by atoms with Crippen molar-refractivity contribution in [2.75, 3.05) is 5.32 Å². The van der Waals surface area contributed by atoms with E-state index in [9.17, 15) is 9.59 Å². The van der Waals surface area contributed by atoms with Crippen molar-refractivity contribution in [3.8, 4) is 0 Å². The van der Waals surface area contributed by atoms with E-state index in [1.807, 2.05) is 24.3 Å². The first kappa shape index (κ1) is 12.4. The third kappa shape index (κ3) is 1.72. The Morgan fingerprint density at radius 1 is 1.25 bits per heavy atom. The predicted molar refractivity (Wildman–Crippen MR) is 75.8 cm³/mol. The highest BCUT2D eigenvalue weighted by molar-refractivity contribution is 9.10. The van der Waals surface area contributed by atoms with Gasteiger partial charge in [0, 0.05) is 16.1 Å². The Labute approximate surface area is 125 Å². The summed E-state index contributed by atoms with van der Waals surface area (Å²) >= 11 is 3.36. The molecule has 104 valence electrons. The van der Waals surface area contributed by atoms with Gasteiger partial charge in [-0.2, -0.15) is 0 Å². The Morgan fingerprint density at radius 3 is 2.75 bits per heavy atom. The summed E-state index contributed by atoms with van der Waals surface area (Å²) in [4.78, 5) is 24.4. The number of rotatable bonds is 2. The van der Waals surface area contributed by atoms with Gasteiger partial charge < -0.3 is 10.1 Å². The van der Waals surface area contributed by atoms with E-state index in [-0.39, 0.29) is 35.7 Å². The van der Waals surface area contributed by atoms with Crippen LogP contribution in [0.1, 0.15) is 12.8 Å². The topological polar surface area (TPSA) is 55.4 Å². The van der Waals surface area contributed by atoms with Gasteiger partial charge in [0.05, 0.1) is 11.8 Å². The predicted octanol–water partition coefficient (Wildman–Crippen LogP) is 2.59. The van der Waals surface area contributed by atoms with Crippen LogP contribution in [0.2, 0.25) is 0 Å². The highest BCUT2D eigenvalue weighted by Crippen LogP contribution is 2.57. The molecule has 4 rings (SSSR count). The van der Waals surface area contributed by atoms with Crippen LogP contribution >= 0.6 is 15.9 Å². The molecular weight excluding hydrogens is 322 g/mol. The molecule has 3 fully saturated rings. The van der Waals surface area contributed by atoms with E-state index in [2.05, 4.69) is 21.2 Å². The third-order valence-corrected chi connectivity index (χ3v) is 5.43. The van der Waals surface area contributed by atoms with Crippen molar-refractivity contribution in [2.45, 2.75) is 18.9 Å². The van der Waals surface area contributed by atoms with Gasteiger partial charge in [-0.25, -0.2) is 0 Å². The van der Waals surface area contributed by atoms with E-state index in [4.69, 9.17) is 4.74 Å². The van der Waals surface area contributed by atoms with Gasteiger partial charge in [0.2, 0.25) is 5.91 Å². The average molecular weight is 336 g/mol. The lowest BCUT2D eigenvalue weighted by Crippen LogP contribution is -2.35. The van der Waals surface area contributed by atoms with Gasteiger partial charge in [-0.15, -0.1) is 0 Å². The van der Waals surface area contributed by atoms with Gasteiger partial charge in [-0.3, -0.25) is 9.59 Å². The summed E-state index contributed by atoms with van der Waals surface area (Å²) in [7, 11) is 0. The standard InChI is InChI=1S/C15H14BrNO3/c16-8-1-3-9(4-2-8)17-14(18)12-7-5-10-11(6-7)20-15(19)13(10)12/h1-4,7,10-13H,5-6H2,(H,17,18)/t7-,10-,11+,12+,13-/m1/s1. The second-order valence-corrected chi connectivity index (χ2v) is 6.83. The number of nitrogens with one attached hydrogen (secondary N) is 1. The number of benzene rings is 1. The summed E-state index contributed by atoms with van der Waals surface area (Å²) in [5.74, 6) is -0.0627. The second kappa shape index (κ2) is 4.32. The highest BCUT2D eigenvalue weighted by atomic mass is 79.9. The van der Waals surface area contributed by atoms with Crippen LogP contribution in [-0.2, 0) is 14.3 Å². The number of esters is 1. The Balaban J connectivity index is 1.54. The maximum Gasteiger partial charge on any atom is 0.310 e. The van der Waals surface area contributed by atoms with Crippen LogP contribution in [0, 0.1) is 23.7 Å². The summed E-state index contributed by atoms with van der Waals surface area (Å²) < 4.78 is 6.33. The summed E-state index contributed by atoms with van der Waals surface area (Å²) in [5, 5.41) is 2.93. The SMILES string of the molecule is O=C1O[C@H]2C[C@H]3C[C@H]2[C@@H]1[C@H]3C(=O)Nc1ccc(Br)cc1. The molecule has 2 bridgehead atoms. The van der Waals surface area contributed by atoms with Gasteiger partial charge >= 0.3 is 5.97 Å². The van der Waals surface area contributed by atoms with Crippen molar-refractivity contribution in [1.82, 2.24) is 0 Å². The first-order chi connectivity index (χ1) is 9.63. The van der Waals surface area contributed by atoms with Crippen molar-refractivity contribution in [1.29, 1.82) is 0 Å². The molecule has 3 aliphatic rings. The number of hydrogen-bond donors (Lipinski definition) is 1. The van der Waals surface area contributed by atoms with E-state index in [0.717, 1.165) is 23.0 Å². The normalized spacial score (nSPS) is 37.0. The van der Waals surface area contributed by atoms with Crippen LogP contribution in [-0.4, -0.2) is 18.0 Å². The van der Waals surface area contributed by atoms with Crippen LogP contribution in [0.5, 0.6) is 0 Å². The fourth-order valence-corrected chi connectivity index (χ4v) is 4.39. The minimum Gasteiger partial charge on any atom is -0.462 e. The van der Waals surface area contributed by atoms with Crippen LogP contribution < -0.4 is 5.32 Å². The molecule has 1 aromatic rings. The minimum absolute atomic E-state index is 0.0397. The Hall–Kier alpha value is -1.36. The van der Waals surface area contributed by atoms with Gasteiger partial charge in [0.25, 0.3) is 0 Å². The van der Waals surface area contributed by atoms with Crippen LogP contribution in [0.25, 0.3) is 0 Å². The molecule has 5 atom stereocenters. The number of amides is 1. The smallest absolute Gasteiger partial charge is 0.310 e. The number of carbonyl (C=O) groups is 2. The van der Waals surface area contributed by atoms with E-state index in [1.54, 1.807) is 0 Å². The Kier molecular flexibility index (Phi) is 2.67. The third-order valence-electron chi connectivity index (χ3n) is 4.90. The van der Waals surface area contributed by atoms with Crippen molar-refractivity contribution in [3.63, 3.8) is 0 Å². The molecule has 1 amide bonds. The zero-order chi connectivity index (χ0) is 13.9. The van der Waals surface area contributed by atoms with Gasteiger partial charge in [0.1, 0.15) is 6.10 Å². The first-order valence-electron chi connectivity index (χ1n) is 6.90. The molecule has 2 aliphatic carbocycles. The second-order valence-electron chi connectivity index (χ2n) is 5.92. The average Bonchev–Trinajstić information content (AvgIpc) is 3.02. The molecule has 2 saturated carbocycles. The van der Waals surface area contributed by atoms with Crippen molar-refractivity contribution >= 4 is 33.5 Å². The number of carbonyl (C=O) groups excluding carboxylic acids is 2. The molecule has 1 N–H and O–H groups in total. The maximum atomic E-state index is 12.5. The molecule has 20 heavy (non-hydrogen) atoms. The van der Waals surface area contributed by atoms with Crippen LogP contribution in [0.4, 0.5) is 5.69 Å². The van der Waals surface area contributed by atoms with E-state index in [1.165, 1.54) is 0 Å². The first-order valence-corrected chi connectivity index (χ1v) is 7.70. The molecule has 0 spiro atoms. The molecule has 1 heterocycles. The van der Waals surface area contributed by atoms with Gasteiger partial charge in [-0.1, -0.05) is 15.9 Å². The van der Waals surface area contributed by atoms with Gasteiger partial charge in [0.15, 0.2) is 0 Å². The summed E-state index contributed by atoms with van der Waals surface area (Å²) in [6, 6.07) is 7.47. The monoisotopic (exact) mass is 335 g/mol. The summed E-state index contributed by atoms with van der Waals surface area (Å²) in [6.45, 7) is 0. The molecule has 1 aromatic carbocycles. The Morgan fingerprint density at radius 2 is 2.00 bits per heavy atom. The molecule has 4 nitrogen and oxygen atoms in total. The number of fused-ring (bicyclic) bond motifs is 1. The van der Waals surface area contributed by atoms with Crippen LogP contribution in [0.15, 0.2) is 28.7 Å². The van der Waals surface area contributed by atoms with Crippen LogP contribution in [0.3, 0.4) is 0 Å². The van der Waals surface area contributed by atoms with Crippen molar-refractivity contribution < 1.29 is 14.3 Å². The lowest BCUT2D eigenvalue weighted by molar-refractivity contribution is -0.145. The van der Waals surface area contributed by atoms with Crippen molar-refractivity contribution in [2.24, 2.45) is 23.7 Å². The summed E-state index contributed by atoms with van der Waals surface area (Å²) in [6.07, 6.45) is 1.89. The van der Waals surface area contributed by atoms with E-state index >= 15 is 0 Å². The molecule has 0 unspecified atom stereocenters. The molecule has 1 saturated heterocycles. The molecule has 0 aromatic heterocycles. The quantitative estimate of drug-likeness (QED) is 0.845. The largest absolute Gasteiger partial charge is 0.462 e. The number of hydrogen-bond acceptors (Lipinski definition) is 3.